The molecule has 1 aromatic heterocycles. The summed E-state index contributed by atoms with van der Waals surface area (Å²) in [5.74, 6) is -1.01. The third kappa shape index (κ3) is 4.68. The van der Waals surface area contributed by atoms with Gasteiger partial charge < -0.3 is 14.5 Å². The van der Waals surface area contributed by atoms with Gasteiger partial charge in [-0.1, -0.05) is 12.1 Å². The van der Waals surface area contributed by atoms with Gasteiger partial charge in [0.25, 0.3) is 15.9 Å². The Hall–Kier alpha value is -2.65. The Bertz CT molecular complexity index is 855. The zero-order chi connectivity index (χ0) is 18.4. The fourth-order valence-electron chi connectivity index (χ4n) is 2.02. The summed E-state index contributed by atoms with van der Waals surface area (Å²) >= 11 is 0. The van der Waals surface area contributed by atoms with Crippen LogP contribution < -0.4 is 10.0 Å². The summed E-state index contributed by atoms with van der Waals surface area (Å²) in [4.78, 5) is 23.3. The van der Waals surface area contributed by atoms with Crippen molar-refractivity contribution >= 4 is 21.9 Å². The van der Waals surface area contributed by atoms with Crippen LogP contribution in [-0.4, -0.2) is 41.0 Å². The second-order valence-electron chi connectivity index (χ2n) is 5.02. The molecule has 1 amide bonds. The molecule has 0 spiro atoms. The molecule has 0 atom stereocenters. The maximum absolute atomic E-state index is 12.0. The summed E-state index contributed by atoms with van der Waals surface area (Å²) in [7, 11) is -1.16. The first-order chi connectivity index (χ1) is 11.9. The van der Waals surface area contributed by atoms with E-state index >= 15 is 0 Å². The van der Waals surface area contributed by atoms with Crippen molar-refractivity contribution in [1.29, 1.82) is 0 Å². The van der Waals surface area contributed by atoms with E-state index in [0.717, 1.165) is 5.56 Å². The number of amides is 1. The van der Waals surface area contributed by atoms with Crippen LogP contribution in [0.5, 0.6) is 0 Å². The van der Waals surface area contributed by atoms with Crippen LogP contribution in [0, 0.1) is 0 Å². The molecule has 134 valence electrons. The van der Waals surface area contributed by atoms with Crippen LogP contribution in [0.4, 0.5) is 0 Å². The number of ether oxygens (including phenoxy) is 1. The zero-order valence-corrected chi connectivity index (χ0v) is 14.6. The van der Waals surface area contributed by atoms with E-state index in [4.69, 9.17) is 4.42 Å². The number of sulfonamides is 1. The second-order valence-corrected chi connectivity index (χ2v) is 6.84. The molecular formula is C16H18N2O6S. The van der Waals surface area contributed by atoms with E-state index in [2.05, 4.69) is 14.8 Å². The maximum atomic E-state index is 12.0. The van der Waals surface area contributed by atoms with E-state index in [9.17, 15) is 18.0 Å². The van der Waals surface area contributed by atoms with Crippen LogP contribution in [-0.2, 0) is 21.2 Å². The normalized spacial score (nSPS) is 11.1. The van der Waals surface area contributed by atoms with Crippen molar-refractivity contribution < 1.29 is 27.2 Å². The molecule has 8 nitrogen and oxygen atoms in total. The summed E-state index contributed by atoms with van der Waals surface area (Å²) < 4.78 is 34.9. The van der Waals surface area contributed by atoms with Crippen LogP contribution in [0.2, 0.25) is 0 Å². The molecule has 0 aliphatic rings. The fourth-order valence-corrected chi connectivity index (χ4v) is 2.67. The molecule has 2 N–H and O–H groups in total. The van der Waals surface area contributed by atoms with Crippen molar-refractivity contribution in [1.82, 2.24) is 10.0 Å². The van der Waals surface area contributed by atoms with Crippen LogP contribution in [0.1, 0.15) is 26.5 Å². The predicted molar refractivity (Wildman–Crippen MR) is 88.8 cm³/mol. The Morgan fingerprint density at radius 2 is 1.80 bits per heavy atom. The lowest BCUT2D eigenvalue weighted by molar-refractivity contribution is 0.0600. The van der Waals surface area contributed by atoms with E-state index in [-0.39, 0.29) is 10.9 Å². The number of hydrogen-bond acceptors (Lipinski definition) is 6. The van der Waals surface area contributed by atoms with Crippen LogP contribution in [0.3, 0.4) is 0 Å². The first-order valence-electron chi connectivity index (χ1n) is 7.36. The topological polar surface area (TPSA) is 115 Å². The van der Waals surface area contributed by atoms with Gasteiger partial charge in [0.15, 0.2) is 5.76 Å². The number of carbonyl (C=O) groups excluding carboxylic acids is 2. The Morgan fingerprint density at radius 1 is 1.12 bits per heavy atom. The van der Waals surface area contributed by atoms with Gasteiger partial charge in [-0.05, 0) is 43.3 Å². The highest BCUT2D eigenvalue weighted by Gasteiger charge is 2.19. The van der Waals surface area contributed by atoms with Crippen LogP contribution >= 0.6 is 0 Å². The van der Waals surface area contributed by atoms with Gasteiger partial charge in [0.2, 0.25) is 5.09 Å². The molecular weight excluding hydrogens is 348 g/mol. The van der Waals surface area contributed by atoms with Gasteiger partial charge >= 0.3 is 5.97 Å². The molecule has 0 radical (unpaired) electrons. The SMILES string of the molecule is CNS(=O)(=O)c1ccc(C(=O)NCCc2ccc(C(=O)OC)cc2)o1. The molecule has 2 aromatic rings. The average Bonchev–Trinajstić information content (AvgIpc) is 3.12. The molecule has 1 heterocycles. The van der Waals surface area contributed by atoms with Gasteiger partial charge in [-0.15, -0.1) is 0 Å². The lowest BCUT2D eigenvalue weighted by Gasteiger charge is -2.05. The Balaban J connectivity index is 1.89. The van der Waals surface area contributed by atoms with Gasteiger partial charge in [-0.3, -0.25) is 4.79 Å². The Labute approximate surface area is 145 Å². The molecule has 0 aliphatic heterocycles. The summed E-state index contributed by atoms with van der Waals surface area (Å²) in [6, 6.07) is 9.33. The summed E-state index contributed by atoms with van der Waals surface area (Å²) in [6.45, 7) is 0.325. The predicted octanol–water partition coefficient (Wildman–Crippen LogP) is 0.947. The lowest BCUT2D eigenvalue weighted by Crippen LogP contribution is -2.25. The first-order valence-corrected chi connectivity index (χ1v) is 8.84. The minimum Gasteiger partial charge on any atom is -0.465 e. The zero-order valence-electron chi connectivity index (χ0n) is 13.7. The number of furan rings is 1. The molecule has 0 saturated carbocycles. The molecule has 1 aromatic carbocycles. The summed E-state index contributed by atoms with van der Waals surface area (Å²) in [5, 5.41) is 2.32. The highest BCUT2D eigenvalue weighted by atomic mass is 32.2. The minimum atomic E-state index is -3.72. The number of benzene rings is 1. The summed E-state index contributed by atoms with van der Waals surface area (Å²) in [6.07, 6.45) is 0.537. The van der Waals surface area contributed by atoms with E-state index in [1.807, 2.05) is 0 Å². The second kappa shape index (κ2) is 7.95. The van der Waals surface area contributed by atoms with Crippen molar-refractivity contribution in [2.75, 3.05) is 20.7 Å². The first kappa shape index (κ1) is 18.7. The lowest BCUT2D eigenvalue weighted by atomic mass is 10.1. The Kier molecular flexibility index (Phi) is 5.94. The quantitative estimate of drug-likeness (QED) is 0.705. The van der Waals surface area contributed by atoms with Gasteiger partial charge in [-0.2, -0.15) is 0 Å². The third-order valence-electron chi connectivity index (χ3n) is 3.41. The monoisotopic (exact) mass is 366 g/mol. The van der Waals surface area contributed by atoms with Crippen molar-refractivity contribution in [3.8, 4) is 0 Å². The third-order valence-corrected chi connectivity index (χ3v) is 4.70. The van der Waals surface area contributed by atoms with Crippen LogP contribution in [0.25, 0.3) is 0 Å². The molecule has 0 bridgehead atoms. The number of hydrogen-bond donors (Lipinski definition) is 2. The van der Waals surface area contributed by atoms with Gasteiger partial charge in [0.05, 0.1) is 12.7 Å². The molecule has 0 unspecified atom stereocenters. The van der Waals surface area contributed by atoms with E-state index in [1.165, 1.54) is 26.3 Å². The van der Waals surface area contributed by atoms with Crippen molar-refractivity contribution in [3.05, 3.63) is 53.3 Å². The highest BCUT2D eigenvalue weighted by Crippen LogP contribution is 2.13. The number of nitrogens with one attached hydrogen (secondary N) is 2. The number of carbonyl (C=O) groups is 2. The molecule has 0 saturated heterocycles. The number of rotatable bonds is 7. The smallest absolute Gasteiger partial charge is 0.337 e. The Morgan fingerprint density at radius 3 is 2.40 bits per heavy atom. The van der Waals surface area contributed by atoms with E-state index in [0.29, 0.717) is 18.5 Å². The number of esters is 1. The van der Waals surface area contributed by atoms with Crippen molar-refractivity contribution in [3.63, 3.8) is 0 Å². The molecule has 0 aliphatic carbocycles. The van der Waals surface area contributed by atoms with Crippen LogP contribution in [0.15, 0.2) is 45.9 Å². The average molecular weight is 366 g/mol. The van der Waals surface area contributed by atoms with E-state index in [1.54, 1.807) is 24.3 Å². The van der Waals surface area contributed by atoms with Gasteiger partial charge in [0, 0.05) is 6.54 Å². The van der Waals surface area contributed by atoms with Gasteiger partial charge in [0.1, 0.15) is 0 Å². The van der Waals surface area contributed by atoms with Crippen molar-refractivity contribution in [2.24, 2.45) is 0 Å². The molecule has 2 rings (SSSR count). The largest absolute Gasteiger partial charge is 0.465 e. The molecule has 0 fully saturated rings. The maximum Gasteiger partial charge on any atom is 0.337 e. The minimum absolute atomic E-state index is 0.0881. The highest BCUT2D eigenvalue weighted by molar-refractivity contribution is 7.89. The fraction of sp³-hybridized carbons (Fsp3) is 0.250. The number of methoxy groups -OCH3 is 1. The van der Waals surface area contributed by atoms with E-state index < -0.39 is 21.9 Å². The van der Waals surface area contributed by atoms with Crippen molar-refractivity contribution in [2.45, 2.75) is 11.5 Å². The molecule has 25 heavy (non-hydrogen) atoms. The molecule has 9 heteroatoms. The summed E-state index contributed by atoms with van der Waals surface area (Å²) in [5.41, 5.74) is 1.37. The van der Waals surface area contributed by atoms with Gasteiger partial charge in [-0.25, -0.2) is 17.9 Å². The standard InChI is InChI=1S/C16H18N2O6S/c1-17-25(21,22)14-8-7-13(24-14)15(19)18-10-9-11-3-5-12(6-4-11)16(20)23-2/h3-8,17H,9-10H2,1-2H3,(H,18,19).